The van der Waals surface area contributed by atoms with E-state index < -0.39 is 0 Å². The molecule has 2 rings (SSSR count). The molecule has 0 saturated heterocycles. The van der Waals surface area contributed by atoms with Crippen LogP contribution in [0.25, 0.3) is 0 Å². The molecule has 2 aromatic rings. The first-order chi connectivity index (χ1) is 12.2. The van der Waals surface area contributed by atoms with Crippen LogP contribution in [0.2, 0.25) is 0 Å². The van der Waals surface area contributed by atoms with Crippen molar-refractivity contribution in [2.45, 2.75) is 26.2 Å². The molecule has 0 saturated carbocycles. The minimum Gasteiger partial charge on any atom is -0.344 e. The number of hydrogen-bond donors (Lipinski definition) is 0. The maximum atomic E-state index is 12.8. The number of nitrogens with zero attached hydrogens (tertiary/aromatic N) is 2. The summed E-state index contributed by atoms with van der Waals surface area (Å²) in [5, 5.41) is 0. The Morgan fingerprint density at radius 2 is 1.32 bits per heavy atom. The van der Waals surface area contributed by atoms with Crippen LogP contribution in [0, 0.1) is 0 Å². The maximum absolute atomic E-state index is 12.8. The van der Waals surface area contributed by atoms with E-state index >= 15 is 0 Å². The zero-order chi connectivity index (χ0) is 18.1. The summed E-state index contributed by atoms with van der Waals surface area (Å²) in [5.41, 5.74) is 2.39. The third-order valence-electron chi connectivity index (χ3n) is 4.85. The van der Waals surface area contributed by atoms with Gasteiger partial charge in [0.1, 0.15) is 0 Å². The van der Waals surface area contributed by atoms with E-state index in [1.165, 1.54) is 11.1 Å². The molecule has 0 spiro atoms. The molecule has 0 aromatic heterocycles. The van der Waals surface area contributed by atoms with Crippen LogP contribution in [0.3, 0.4) is 0 Å². The second-order valence-corrected chi connectivity index (χ2v) is 6.42. The van der Waals surface area contributed by atoms with Gasteiger partial charge in [0.05, 0.1) is 0 Å². The molecule has 0 aliphatic carbocycles. The van der Waals surface area contributed by atoms with Crippen molar-refractivity contribution in [1.82, 2.24) is 9.80 Å². The van der Waals surface area contributed by atoms with Crippen molar-refractivity contribution in [2.24, 2.45) is 0 Å². The number of hydrogen-bond acceptors (Lipinski definition) is 2. The Morgan fingerprint density at radius 3 is 1.76 bits per heavy atom. The molecule has 0 radical (unpaired) electrons. The number of rotatable bonds is 9. The Bertz CT molecular complexity index is 583. The predicted molar refractivity (Wildman–Crippen MR) is 105 cm³/mol. The quantitative estimate of drug-likeness (QED) is 0.690. The van der Waals surface area contributed by atoms with E-state index in [1.807, 2.05) is 48.3 Å². The highest BCUT2D eigenvalue weighted by Gasteiger charge is 2.20. The molecule has 0 aliphatic heterocycles. The molecule has 0 bridgehead atoms. The molecule has 3 heteroatoms. The van der Waals surface area contributed by atoms with E-state index in [9.17, 15) is 4.79 Å². The molecular formula is C22H30N2O. The molecule has 134 valence electrons. The summed E-state index contributed by atoms with van der Waals surface area (Å²) in [6, 6.07) is 20.6. The normalized spacial score (nSPS) is 11.1. The zero-order valence-electron chi connectivity index (χ0n) is 15.7. The van der Waals surface area contributed by atoms with Gasteiger partial charge in [0.2, 0.25) is 5.91 Å². The standard InChI is InChI=1S/C22H30N2O/c1-4-24(5-2)17-16-23(3)22(25)18-21(19-12-8-6-9-13-19)20-14-10-7-11-15-20/h6-15,21H,4-5,16-18H2,1-3H3. The Morgan fingerprint density at radius 1 is 0.840 bits per heavy atom. The summed E-state index contributed by atoms with van der Waals surface area (Å²) in [5.74, 6) is 0.302. The number of benzene rings is 2. The first kappa shape index (κ1) is 19.2. The third kappa shape index (κ3) is 5.71. The molecule has 25 heavy (non-hydrogen) atoms. The van der Waals surface area contributed by atoms with Gasteiger partial charge in [-0.15, -0.1) is 0 Å². The van der Waals surface area contributed by atoms with Gasteiger partial charge in [-0.2, -0.15) is 0 Å². The maximum Gasteiger partial charge on any atom is 0.223 e. The van der Waals surface area contributed by atoms with Crippen LogP contribution in [0.4, 0.5) is 0 Å². The fourth-order valence-corrected chi connectivity index (χ4v) is 3.09. The summed E-state index contributed by atoms with van der Waals surface area (Å²) < 4.78 is 0. The summed E-state index contributed by atoms with van der Waals surface area (Å²) >= 11 is 0. The Labute approximate surface area is 152 Å². The fourth-order valence-electron chi connectivity index (χ4n) is 3.09. The zero-order valence-corrected chi connectivity index (χ0v) is 15.7. The molecule has 0 N–H and O–H groups in total. The molecule has 3 nitrogen and oxygen atoms in total. The largest absolute Gasteiger partial charge is 0.344 e. The van der Waals surface area contributed by atoms with E-state index in [-0.39, 0.29) is 11.8 Å². The first-order valence-corrected chi connectivity index (χ1v) is 9.21. The minimum absolute atomic E-state index is 0.103. The summed E-state index contributed by atoms with van der Waals surface area (Å²) in [6.45, 7) is 8.07. The lowest BCUT2D eigenvalue weighted by molar-refractivity contribution is -0.130. The smallest absolute Gasteiger partial charge is 0.223 e. The highest BCUT2D eigenvalue weighted by molar-refractivity contribution is 5.77. The predicted octanol–water partition coefficient (Wildman–Crippen LogP) is 4.01. The lowest BCUT2D eigenvalue weighted by Gasteiger charge is -2.25. The van der Waals surface area contributed by atoms with Gasteiger partial charge in [-0.3, -0.25) is 4.79 Å². The van der Waals surface area contributed by atoms with Crippen molar-refractivity contribution in [2.75, 3.05) is 33.2 Å². The average Bonchev–Trinajstić information content (AvgIpc) is 2.67. The topological polar surface area (TPSA) is 23.6 Å². The Hall–Kier alpha value is -2.13. The van der Waals surface area contributed by atoms with Gasteiger partial charge >= 0.3 is 0 Å². The van der Waals surface area contributed by atoms with Crippen LogP contribution in [0.1, 0.15) is 37.3 Å². The summed E-state index contributed by atoms with van der Waals surface area (Å²) in [7, 11) is 1.92. The van der Waals surface area contributed by atoms with Crippen LogP contribution in [-0.2, 0) is 4.79 Å². The van der Waals surface area contributed by atoms with E-state index in [4.69, 9.17) is 0 Å². The van der Waals surface area contributed by atoms with Crippen molar-refractivity contribution in [3.05, 3.63) is 71.8 Å². The van der Waals surface area contributed by atoms with Crippen molar-refractivity contribution in [3.8, 4) is 0 Å². The van der Waals surface area contributed by atoms with Gasteiger partial charge < -0.3 is 9.80 Å². The lowest BCUT2D eigenvalue weighted by atomic mass is 9.88. The highest BCUT2D eigenvalue weighted by atomic mass is 16.2. The fraction of sp³-hybridized carbons (Fsp3) is 0.409. The molecule has 0 unspecified atom stereocenters. The van der Waals surface area contributed by atoms with Crippen molar-refractivity contribution < 1.29 is 4.79 Å². The first-order valence-electron chi connectivity index (χ1n) is 9.21. The monoisotopic (exact) mass is 338 g/mol. The number of carbonyl (C=O) groups excluding carboxylic acids is 1. The second-order valence-electron chi connectivity index (χ2n) is 6.42. The van der Waals surface area contributed by atoms with Crippen LogP contribution in [0.5, 0.6) is 0 Å². The van der Waals surface area contributed by atoms with E-state index in [1.54, 1.807) is 0 Å². The van der Waals surface area contributed by atoms with Crippen molar-refractivity contribution >= 4 is 5.91 Å². The number of likely N-dealkylation sites (N-methyl/N-ethyl adjacent to an activating group) is 2. The van der Waals surface area contributed by atoms with Gasteiger partial charge in [0.25, 0.3) is 0 Å². The summed E-state index contributed by atoms with van der Waals surface area (Å²) in [4.78, 5) is 17.0. The van der Waals surface area contributed by atoms with E-state index in [2.05, 4.69) is 43.0 Å². The highest BCUT2D eigenvalue weighted by Crippen LogP contribution is 2.28. The Balaban J connectivity index is 2.07. The molecular weight excluding hydrogens is 308 g/mol. The van der Waals surface area contributed by atoms with Gasteiger partial charge in [-0.1, -0.05) is 74.5 Å². The van der Waals surface area contributed by atoms with Gasteiger partial charge in [0, 0.05) is 32.5 Å². The molecule has 0 fully saturated rings. The van der Waals surface area contributed by atoms with Crippen molar-refractivity contribution in [1.29, 1.82) is 0 Å². The van der Waals surface area contributed by atoms with Crippen LogP contribution in [-0.4, -0.2) is 48.9 Å². The van der Waals surface area contributed by atoms with Crippen molar-refractivity contribution in [3.63, 3.8) is 0 Å². The molecule has 0 aliphatic rings. The second kappa shape index (κ2) is 10.00. The van der Waals surface area contributed by atoms with Crippen LogP contribution >= 0.6 is 0 Å². The number of amides is 1. The van der Waals surface area contributed by atoms with Crippen LogP contribution in [0.15, 0.2) is 60.7 Å². The minimum atomic E-state index is 0.103. The average molecular weight is 338 g/mol. The molecule has 0 atom stereocenters. The molecule has 1 amide bonds. The van der Waals surface area contributed by atoms with E-state index in [0.717, 1.165) is 26.2 Å². The van der Waals surface area contributed by atoms with Crippen LogP contribution < -0.4 is 0 Å². The molecule has 2 aromatic carbocycles. The lowest BCUT2D eigenvalue weighted by Crippen LogP contribution is -2.36. The third-order valence-corrected chi connectivity index (χ3v) is 4.85. The molecule has 0 heterocycles. The van der Waals surface area contributed by atoms with Gasteiger partial charge in [0.15, 0.2) is 0 Å². The van der Waals surface area contributed by atoms with Gasteiger partial charge in [-0.25, -0.2) is 0 Å². The SMILES string of the molecule is CCN(CC)CCN(C)C(=O)CC(c1ccccc1)c1ccccc1. The number of carbonyl (C=O) groups is 1. The Kier molecular flexibility index (Phi) is 7.68. The summed E-state index contributed by atoms with van der Waals surface area (Å²) in [6.07, 6.45) is 0.503. The van der Waals surface area contributed by atoms with Gasteiger partial charge in [-0.05, 0) is 24.2 Å². The van der Waals surface area contributed by atoms with E-state index in [0.29, 0.717) is 6.42 Å².